The van der Waals surface area contributed by atoms with Crippen LogP contribution in [0, 0.1) is 35.5 Å². The molecule has 0 aromatic carbocycles. The monoisotopic (exact) mass is 265 g/mol. The Morgan fingerprint density at radius 3 is 1.89 bits per heavy atom. The topological polar surface area (TPSA) is 3.24 Å². The minimum Gasteiger partial charge on any atom is -0.328 e. The quantitative estimate of drug-likeness (QED) is 0.709. The Bertz CT molecular complexity index is 336. The lowest BCUT2D eigenvalue weighted by atomic mass is 9.50. The van der Waals surface area contributed by atoms with Crippen LogP contribution in [0.4, 0.5) is 0 Å². The van der Waals surface area contributed by atoms with Crippen LogP contribution in [-0.4, -0.2) is 57.2 Å². The molecule has 1 heterocycles. The van der Waals surface area contributed by atoms with Gasteiger partial charge in [-0.1, -0.05) is 13.3 Å². The van der Waals surface area contributed by atoms with Crippen LogP contribution in [0.25, 0.3) is 0 Å². The molecule has 0 radical (unpaired) electrons. The standard InChI is InChI=1S/C17H33N2/c1-6-12-13-7-8-14(15(12)9-18(2)3)17-11-19(4,5)10-16(13)17/h12-17H,6-11H2,1-5H3/q+1. The minimum atomic E-state index is 0.984. The molecule has 2 bridgehead atoms. The molecule has 0 N–H and O–H groups in total. The Balaban J connectivity index is 1.86. The molecule has 19 heavy (non-hydrogen) atoms. The van der Waals surface area contributed by atoms with Gasteiger partial charge in [0.2, 0.25) is 0 Å². The van der Waals surface area contributed by atoms with Crippen molar-refractivity contribution in [3.05, 3.63) is 0 Å². The average molecular weight is 265 g/mol. The average Bonchev–Trinajstić information content (AvgIpc) is 2.65. The van der Waals surface area contributed by atoms with Crippen LogP contribution in [0.3, 0.4) is 0 Å². The van der Waals surface area contributed by atoms with Crippen LogP contribution < -0.4 is 0 Å². The third kappa shape index (κ3) is 2.25. The highest BCUT2D eigenvalue weighted by molar-refractivity contribution is 5.03. The van der Waals surface area contributed by atoms with Gasteiger partial charge in [-0.05, 0) is 50.6 Å². The van der Waals surface area contributed by atoms with E-state index in [0.29, 0.717) is 0 Å². The van der Waals surface area contributed by atoms with Crippen molar-refractivity contribution >= 4 is 0 Å². The highest BCUT2D eigenvalue weighted by atomic mass is 15.3. The van der Waals surface area contributed by atoms with Crippen molar-refractivity contribution in [2.24, 2.45) is 35.5 Å². The first-order valence-electron chi connectivity index (χ1n) is 8.39. The summed E-state index contributed by atoms with van der Waals surface area (Å²) in [4.78, 5) is 2.44. The molecular formula is C17H33N2+. The molecular weight excluding hydrogens is 232 g/mol. The number of rotatable bonds is 3. The van der Waals surface area contributed by atoms with Gasteiger partial charge in [-0.15, -0.1) is 0 Å². The normalized spacial score (nSPS) is 47.7. The highest BCUT2D eigenvalue weighted by Gasteiger charge is 2.58. The van der Waals surface area contributed by atoms with E-state index in [1.807, 2.05) is 0 Å². The molecule has 4 fully saturated rings. The van der Waals surface area contributed by atoms with Crippen molar-refractivity contribution in [3.63, 3.8) is 0 Å². The lowest BCUT2D eigenvalue weighted by molar-refractivity contribution is -0.881. The fourth-order valence-electron chi connectivity index (χ4n) is 6.20. The van der Waals surface area contributed by atoms with Gasteiger partial charge in [-0.2, -0.15) is 0 Å². The molecule has 1 saturated heterocycles. The first-order chi connectivity index (χ1) is 8.93. The Morgan fingerprint density at radius 2 is 1.42 bits per heavy atom. The van der Waals surface area contributed by atoms with Crippen molar-refractivity contribution in [3.8, 4) is 0 Å². The van der Waals surface area contributed by atoms with E-state index in [1.54, 1.807) is 0 Å². The van der Waals surface area contributed by atoms with E-state index >= 15 is 0 Å². The fourth-order valence-corrected chi connectivity index (χ4v) is 6.20. The molecule has 2 heteroatoms. The number of nitrogens with zero attached hydrogens (tertiary/aromatic N) is 2. The molecule has 0 aromatic heterocycles. The summed E-state index contributed by atoms with van der Waals surface area (Å²) in [6, 6.07) is 0. The van der Waals surface area contributed by atoms with Crippen LogP contribution in [0.15, 0.2) is 0 Å². The van der Waals surface area contributed by atoms with E-state index in [9.17, 15) is 0 Å². The predicted octanol–water partition coefficient (Wildman–Crippen LogP) is 2.55. The Kier molecular flexibility index (Phi) is 3.46. The summed E-state index contributed by atoms with van der Waals surface area (Å²) in [6.45, 7) is 6.68. The molecule has 3 saturated carbocycles. The van der Waals surface area contributed by atoms with E-state index in [2.05, 4.69) is 40.0 Å². The molecule has 1 aliphatic heterocycles. The van der Waals surface area contributed by atoms with E-state index in [1.165, 1.54) is 43.4 Å². The van der Waals surface area contributed by atoms with Gasteiger partial charge < -0.3 is 9.38 Å². The molecule has 4 rings (SSSR count). The molecule has 0 aromatic rings. The number of hydrogen-bond acceptors (Lipinski definition) is 1. The molecule has 0 spiro atoms. The molecule has 4 aliphatic rings. The summed E-state index contributed by atoms with van der Waals surface area (Å²) in [5.41, 5.74) is 0. The van der Waals surface area contributed by atoms with Crippen LogP contribution in [-0.2, 0) is 0 Å². The maximum absolute atomic E-state index is 2.46. The van der Waals surface area contributed by atoms with E-state index in [4.69, 9.17) is 0 Å². The van der Waals surface area contributed by atoms with Crippen LogP contribution in [0.5, 0.6) is 0 Å². The lowest BCUT2D eigenvalue weighted by Gasteiger charge is -2.54. The lowest BCUT2D eigenvalue weighted by Crippen LogP contribution is -2.52. The smallest absolute Gasteiger partial charge is 0.0819 e. The van der Waals surface area contributed by atoms with Gasteiger partial charge in [-0.3, -0.25) is 0 Å². The fraction of sp³-hybridized carbons (Fsp3) is 1.00. The maximum Gasteiger partial charge on any atom is 0.0819 e. The molecule has 6 unspecified atom stereocenters. The predicted molar refractivity (Wildman–Crippen MR) is 80.9 cm³/mol. The van der Waals surface area contributed by atoms with Crippen LogP contribution in [0.1, 0.15) is 26.2 Å². The van der Waals surface area contributed by atoms with Gasteiger partial charge in [-0.25, -0.2) is 0 Å². The first kappa shape index (κ1) is 13.9. The molecule has 3 aliphatic carbocycles. The van der Waals surface area contributed by atoms with Crippen molar-refractivity contribution in [1.29, 1.82) is 0 Å². The second-order valence-corrected chi connectivity index (χ2v) is 8.53. The largest absolute Gasteiger partial charge is 0.328 e. The van der Waals surface area contributed by atoms with Crippen molar-refractivity contribution in [2.45, 2.75) is 26.2 Å². The zero-order chi connectivity index (χ0) is 13.8. The van der Waals surface area contributed by atoms with Gasteiger partial charge in [0.25, 0.3) is 0 Å². The van der Waals surface area contributed by atoms with Gasteiger partial charge in [0.15, 0.2) is 0 Å². The van der Waals surface area contributed by atoms with Crippen molar-refractivity contribution in [1.82, 2.24) is 4.90 Å². The maximum atomic E-state index is 2.46. The summed E-state index contributed by atoms with van der Waals surface area (Å²) >= 11 is 0. The number of fused-ring (bicyclic) bond motifs is 2. The summed E-state index contributed by atoms with van der Waals surface area (Å²) in [6.07, 6.45) is 4.48. The van der Waals surface area contributed by atoms with Crippen molar-refractivity contribution < 1.29 is 4.48 Å². The molecule has 2 nitrogen and oxygen atoms in total. The summed E-state index contributed by atoms with van der Waals surface area (Å²) < 4.78 is 1.29. The molecule has 6 atom stereocenters. The van der Waals surface area contributed by atoms with Crippen molar-refractivity contribution in [2.75, 3.05) is 47.8 Å². The summed E-state index contributed by atoms with van der Waals surface area (Å²) in [5, 5.41) is 0. The van der Waals surface area contributed by atoms with Crippen LogP contribution >= 0.6 is 0 Å². The zero-order valence-corrected chi connectivity index (χ0v) is 13.6. The SMILES string of the molecule is CCC1C2CCC(C1CN(C)C)C1C[N+](C)(C)CC21. The summed E-state index contributed by atoms with van der Waals surface area (Å²) in [5.74, 6) is 6.17. The first-order valence-corrected chi connectivity index (χ1v) is 8.39. The van der Waals surface area contributed by atoms with Gasteiger partial charge >= 0.3 is 0 Å². The Labute approximate surface area is 119 Å². The molecule has 0 amide bonds. The third-order valence-electron chi connectivity index (χ3n) is 6.59. The second-order valence-electron chi connectivity index (χ2n) is 8.53. The Hall–Kier alpha value is -0.0800. The van der Waals surface area contributed by atoms with Crippen LogP contribution in [0.2, 0.25) is 0 Å². The highest BCUT2D eigenvalue weighted by Crippen LogP contribution is 2.58. The molecule has 110 valence electrons. The minimum absolute atomic E-state index is 0.984. The van der Waals surface area contributed by atoms with E-state index in [-0.39, 0.29) is 0 Å². The second kappa shape index (κ2) is 4.73. The number of quaternary nitrogens is 1. The number of likely N-dealkylation sites (tertiary alicyclic amines) is 1. The van der Waals surface area contributed by atoms with Gasteiger partial charge in [0.1, 0.15) is 0 Å². The van der Waals surface area contributed by atoms with Gasteiger partial charge in [0.05, 0.1) is 27.2 Å². The zero-order valence-electron chi connectivity index (χ0n) is 13.6. The van der Waals surface area contributed by atoms with E-state index in [0.717, 1.165) is 35.5 Å². The summed E-state index contributed by atoms with van der Waals surface area (Å²) in [7, 11) is 9.45. The van der Waals surface area contributed by atoms with Gasteiger partial charge in [0, 0.05) is 18.4 Å². The number of hydrogen-bond donors (Lipinski definition) is 0. The van der Waals surface area contributed by atoms with E-state index < -0.39 is 0 Å². The Morgan fingerprint density at radius 1 is 0.895 bits per heavy atom. The third-order valence-corrected chi connectivity index (χ3v) is 6.59.